The lowest BCUT2D eigenvalue weighted by Crippen LogP contribution is -2.45. The van der Waals surface area contributed by atoms with Gasteiger partial charge in [-0.15, -0.1) is 0 Å². The van der Waals surface area contributed by atoms with Crippen molar-refractivity contribution in [3.05, 3.63) is 29.8 Å². The smallest absolute Gasteiger partial charge is 0.325 e. The first-order chi connectivity index (χ1) is 13.9. The van der Waals surface area contributed by atoms with Gasteiger partial charge in [0.05, 0.1) is 6.54 Å². The van der Waals surface area contributed by atoms with Crippen molar-refractivity contribution >= 4 is 17.8 Å². The van der Waals surface area contributed by atoms with Gasteiger partial charge in [0.2, 0.25) is 5.91 Å². The number of carbonyl (C=O) groups is 3. The summed E-state index contributed by atoms with van der Waals surface area (Å²) in [6.07, 6.45) is 5.96. The second-order valence-electron chi connectivity index (χ2n) is 7.83. The van der Waals surface area contributed by atoms with E-state index >= 15 is 0 Å². The number of imide groups is 1. The van der Waals surface area contributed by atoms with Gasteiger partial charge in [-0.1, -0.05) is 51.2 Å². The van der Waals surface area contributed by atoms with Crippen molar-refractivity contribution in [3.63, 3.8) is 0 Å². The molecule has 1 aromatic carbocycles. The standard InChI is InChI=1S/C22H33N3O4/c1-4-5-6-7-8-12-22(3)20(27)25(21(28)24-22)16-19(26)23-13-14-29-18-11-9-10-17(2)15-18/h9-11,15H,4-8,12-14,16H2,1-3H3,(H,23,26)(H,24,28). The average molecular weight is 404 g/mol. The van der Waals surface area contributed by atoms with Crippen LogP contribution in [-0.4, -0.2) is 48.0 Å². The maximum atomic E-state index is 12.7. The lowest BCUT2D eigenvalue weighted by atomic mass is 9.94. The Hall–Kier alpha value is -2.57. The molecule has 0 bridgehead atoms. The summed E-state index contributed by atoms with van der Waals surface area (Å²) >= 11 is 0. The van der Waals surface area contributed by atoms with Crippen molar-refractivity contribution in [1.82, 2.24) is 15.5 Å². The molecular formula is C22H33N3O4. The molecule has 0 aromatic heterocycles. The molecule has 0 saturated carbocycles. The Balaban J connectivity index is 1.73. The average Bonchev–Trinajstić information content (AvgIpc) is 2.88. The summed E-state index contributed by atoms with van der Waals surface area (Å²) in [5.74, 6) is 0.0285. The van der Waals surface area contributed by atoms with Crippen LogP contribution >= 0.6 is 0 Å². The number of urea groups is 1. The van der Waals surface area contributed by atoms with Gasteiger partial charge in [0.15, 0.2) is 0 Å². The van der Waals surface area contributed by atoms with Gasteiger partial charge in [0.1, 0.15) is 24.4 Å². The number of ether oxygens (including phenoxy) is 1. The van der Waals surface area contributed by atoms with Crippen molar-refractivity contribution in [2.75, 3.05) is 19.7 Å². The second kappa shape index (κ2) is 10.8. The Morgan fingerprint density at radius 1 is 1.21 bits per heavy atom. The van der Waals surface area contributed by atoms with E-state index in [0.717, 1.165) is 41.9 Å². The van der Waals surface area contributed by atoms with E-state index in [0.29, 0.717) is 19.6 Å². The quantitative estimate of drug-likeness (QED) is 0.414. The molecule has 2 N–H and O–H groups in total. The largest absolute Gasteiger partial charge is 0.492 e. The number of unbranched alkanes of at least 4 members (excludes halogenated alkanes) is 4. The summed E-state index contributed by atoms with van der Waals surface area (Å²) in [6, 6.07) is 7.15. The van der Waals surface area contributed by atoms with Crippen LogP contribution in [0.4, 0.5) is 4.79 Å². The third kappa shape index (κ3) is 6.76. The number of benzene rings is 1. The lowest BCUT2D eigenvalue weighted by Gasteiger charge is -2.21. The maximum absolute atomic E-state index is 12.7. The molecule has 4 amide bonds. The molecule has 1 atom stereocenters. The van der Waals surface area contributed by atoms with Crippen LogP contribution < -0.4 is 15.4 Å². The van der Waals surface area contributed by atoms with E-state index in [-0.39, 0.29) is 18.4 Å². The van der Waals surface area contributed by atoms with E-state index < -0.39 is 11.6 Å². The molecule has 7 heteroatoms. The molecule has 0 spiro atoms. The number of carbonyl (C=O) groups excluding carboxylic acids is 3. The van der Waals surface area contributed by atoms with Crippen LogP contribution in [0.15, 0.2) is 24.3 Å². The minimum atomic E-state index is -0.919. The first-order valence-electron chi connectivity index (χ1n) is 10.5. The van der Waals surface area contributed by atoms with Crippen molar-refractivity contribution < 1.29 is 19.1 Å². The van der Waals surface area contributed by atoms with E-state index in [1.54, 1.807) is 6.92 Å². The van der Waals surface area contributed by atoms with Gasteiger partial charge < -0.3 is 15.4 Å². The molecule has 7 nitrogen and oxygen atoms in total. The van der Waals surface area contributed by atoms with E-state index in [1.807, 2.05) is 31.2 Å². The molecule has 0 radical (unpaired) electrons. The van der Waals surface area contributed by atoms with Gasteiger partial charge in [0, 0.05) is 0 Å². The van der Waals surface area contributed by atoms with Gasteiger partial charge in [0.25, 0.3) is 5.91 Å². The highest BCUT2D eigenvalue weighted by atomic mass is 16.5. The third-order valence-corrected chi connectivity index (χ3v) is 5.11. The van der Waals surface area contributed by atoms with E-state index in [2.05, 4.69) is 17.6 Å². The molecule has 160 valence electrons. The van der Waals surface area contributed by atoms with Crippen LogP contribution in [0, 0.1) is 6.92 Å². The summed E-state index contributed by atoms with van der Waals surface area (Å²) in [4.78, 5) is 38.0. The number of rotatable bonds is 12. The van der Waals surface area contributed by atoms with Gasteiger partial charge in [-0.2, -0.15) is 0 Å². The molecule has 1 aliphatic heterocycles. The first-order valence-corrected chi connectivity index (χ1v) is 10.5. The number of nitrogens with one attached hydrogen (secondary N) is 2. The van der Waals surface area contributed by atoms with Crippen molar-refractivity contribution in [3.8, 4) is 5.75 Å². The summed E-state index contributed by atoms with van der Waals surface area (Å²) in [5, 5.41) is 5.44. The van der Waals surface area contributed by atoms with Crippen LogP contribution in [-0.2, 0) is 9.59 Å². The molecule has 1 saturated heterocycles. The fraction of sp³-hybridized carbons (Fsp3) is 0.591. The number of amides is 4. The fourth-order valence-corrected chi connectivity index (χ4v) is 3.41. The zero-order valence-electron chi connectivity index (χ0n) is 17.8. The zero-order chi connectivity index (χ0) is 21.3. The van der Waals surface area contributed by atoms with Gasteiger partial charge in [-0.25, -0.2) is 4.79 Å². The van der Waals surface area contributed by atoms with E-state index in [1.165, 1.54) is 6.42 Å². The van der Waals surface area contributed by atoms with Gasteiger partial charge in [-0.3, -0.25) is 14.5 Å². The van der Waals surface area contributed by atoms with Crippen LogP contribution in [0.25, 0.3) is 0 Å². The first kappa shape index (κ1) is 22.7. The highest BCUT2D eigenvalue weighted by Crippen LogP contribution is 2.24. The second-order valence-corrected chi connectivity index (χ2v) is 7.83. The van der Waals surface area contributed by atoms with Crippen LogP contribution in [0.3, 0.4) is 0 Å². The van der Waals surface area contributed by atoms with E-state index in [4.69, 9.17) is 4.74 Å². The predicted octanol–water partition coefficient (Wildman–Crippen LogP) is 3.16. The normalized spacial score (nSPS) is 18.7. The highest BCUT2D eigenvalue weighted by Gasteiger charge is 2.47. The van der Waals surface area contributed by atoms with Gasteiger partial charge >= 0.3 is 6.03 Å². The Labute approximate surface area is 173 Å². The van der Waals surface area contributed by atoms with Crippen molar-refractivity contribution in [2.45, 2.75) is 64.8 Å². The minimum absolute atomic E-state index is 0.277. The molecule has 1 aliphatic rings. The SMILES string of the molecule is CCCCCCCC1(C)NC(=O)N(CC(=O)NCCOc2cccc(C)c2)C1=O. The van der Waals surface area contributed by atoms with Crippen LogP contribution in [0.2, 0.25) is 0 Å². The molecule has 1 fully saturated rings. The summed E-state index contributed by atoms with van der Waals surface area (Å²) in [5.41, 5.74) is 0.177. The van der Waals surface area contributed by atoms with Gasteiger partial charge in [-0.05, 0) is 38.0 Å². The summed E-state index contributed by atoms with van der Waals surface area (Å²) in [7, 11) is 0. The molecule has 1 heterocycles. The van der Waals surface area contributed by atoms with Crippen molar-refractivity contribution in [1.29, 1.82) is 0 Å². The molecule has 1 aromatic rings. The summed E-state index contributed by atoms with van der Waals surface area (Å²) in [6.45, 7) is 6.20. The number of aryl methyl sites for hydroxylation is 1. The number of hydrogen-bond acceptors (Lipinski definition) is 4. The molecular weight excluding hydrogens is 370 g/mol. The Kier molecular flexibility index (Phi) is 8.49. The Morgan fingerprint density at radius 3 is 2.69 bits per heavy atom. The summed E-state index contributed by atoms with van der Waals surface area (Å²) < 4.78 is 5.58. The van der Waals surface area contributed by atoms with Crippen LogP contribution in [0.5, 0.6) is 5.75 Å². The third-order valence-electron chi connectivity index (χ3n) is 5.11. The Morgan fingerprint density at radius 2 is 1.97 bits per heavy atom. The monoisotopic (exact) mass is 403 g/mol. The number of hydrogen-bond donors (Lipinski definition) is 2. The lowest BCUT2D eigenvalue weighted by molar-refractivity contribution is -0.134. The minimum Gasteiger partial charge on any atom is -0.492 e. The Bertz CT molecular complexity index is 722. The topological polar surface area (TPSA) is 87.7 Å². The molecule has 0 aliphatic carbocycles. The predicted molar refractivity (Wildman–Crippen MR) is 112 cm³/mol. The fourth-order valence-electron chi connectivity index (χ4n) is 3.41. The zero-order valence-corrected chi connectivity index (χ0v) is 17.8. The van der Waals surface area contributed by atoms with Crippen molar-refractivity contribution in [2.24, 2.45) is 0 Å². The molecule has 2 rings (SSSR count). The molecule has 29 heavy (non-hydrogen) atoms. The van der Waals surface area contributed by atoms with Crippen LogP contribution in [0.1, 0.15) is 57.9 Å². The highest BCUT2D eigenvalue weighted by molar-refractivity contribution is 6.08. The van der Waals surface area contributed by atoms with E-state index in [9.17, 15) is 14.4 Å². The molecule has 1 unspecified atom stereocenters. The number of nitrogens with zero attached hydrogens (tertiary/aromatic N) is 1. The maximum Gasteiger partial charge on any atom is 0.325 e.